The first kappa shape index (κ1) is 12.1. The summed E-state index contributed by atoms with van der Waals surface area (Å²) in [7, 11) is 0. The highest BCUT2D eigenvalue weighted by molar-refractivity contribution is 5.66. The van der Waals surface area contributed by atoms with Gasteiger partial charge in [-0.15, -0.1) is 0 Å². The molecule has 0 spiro atoms. The van der Waals surface area contributed by atoms with Gasteiger partial charge in [0.05, 0.1) is 12.6 Å². The van der Waals surface area contributed by atoms with Gasteiger partial charge in [-0.2, -0.15) is 5.10 Å². The van der Waals surface area contributed by atoms with Crippen LogP contribution in [0.1, 0.15) is 37.8 Å². The summed E-state index contributed by atoms with van der Waals surface area (Å²) in [6.45, 7) is 4.57. The Balaban J connectivity index is 2.00. The number of hydrogen-bond acceptors (Lipinski definition) is 3. The molecule has 2 rings (SSSR count). The molecule has 1 aliphatic heterocycles. The van der Waals surface area contributed by atoms with Gasteiger partial charge in [0, 0.05) is 30.9 Å². The lowest BCUT2D eigenvalue weighted by Gasteiger charge is -2.22. The molecule has 17 heavy (non-hydrogen) atoms. The normalized spacial score (nSPS) is 20.9. The third-order valence-electron chi connectivity index (χ3n) is 3.34. The van der Waals surface area contributed by atoms with Crippen LogP contribution in [0.2, 0.25) is 0 Å². The molecule has 0 aliphatic carbocycles. The van der Waals surface area contributed by atoms with Crippen molar-refractivity contribution in [3.05, 3.63) is 18.0 Å². The molecular formula is C12H19N3O2. The largest absolute Gasteiger partial charge is 0.481 e. The van der Waals surface area contributed by atoms with Gasteiger partial charge in [0.1, 0.15) is 0 Å². The van der Waals surface area contributed by atoms with E-state index in [1.165, 1.54) is 5.56 Å². The third-order valence-corrected chi connectivity index (χ3v) is 3.34. The fourth-order valence-corrected chi connectivity index (χ4v) is 2.44. The van der Waals surface area contributed by atoms with Crippen molar-refractivity contribution >= 4 is 5.97 Å². The molecule has 0 bridgehead atoms. The Morgan fingerprint density at radius 1 is 1.65 bits per heavy atom. The number of hydrogen-bond donors (Lipinski definition) is 1. The molecule has 1 aromatic heterocycles. The van der Waals surface area contributed by atoms with E-state index in [-0.39, 0.29) is 6.42 Å². The third kappa shape index (κ3) is 2.85. The second kappa shape index (κ2) is 5.31. The molecule has 5 nitrogen and oxygen atoms in total. The highest BCUT2D eigenvalue weighted by Gasteiger charge is 2.26. The first-order valence-corrected chi connectivity index (χ1v) is 6.19. The van der Waals surface area contributed by atoms with E-state index in [2.05, 4.69) is 23.1 Å². The van der Waals surface area contributed by atoms with E-state index < -0.39 is 5.97 Å². The van der Waals surface area contributed by atoms with Crippen LogP contribution in [0.25, 0.3) is 0 Å². The number of carbonyl (C=O) groups is 1. The number of carboxylic acids is 1. The van der Waals surface area contributed by atoms with Crippen molar-refractivity contribution in [2.45, 2.75) is 38.8 Å². The van der Waals surface area contributed by atoms with E-state index in [1.807, 2.05) is 10.9 Å². The van der Waals surface area contributed by atoms with Crippen LogP contribution >= 0.6 is 0 Å². The summed E-state index contributed by atoms with van der Waals surface area (Å²) in [5.74, 6) is -0.722. The number of nitrogens with zero attached hydrogens (tertiary/aromatic N) is 3. The van der Waals surface area contributed by atoms with Crippen LogP contribution in [0.5, 0.6) is 0 Å². The van der Waals surface area contributed by atoms with Gasteiger partial charge in [0.2, 0.25) is 0 Å². The molecule has 2 heterocycles. The van der Waals surface area contributed by atoms with Gasteiger partial charge in [0.25, 0.3) is 0 Å². The van der Waals surface area contributed by atoms with Crippen LogP contribution in [0.15, 0.2) is 12.4 Å². The van der Waals surface area contributed by atoms with Crippen molar-refractivity contribution in [1.82, 2.24) is 14.7 Å². The van der Waals surface area contributed by atoms with Crippen molar-refractivity contribution in [3.8, 4) is 0 Å². The van der Waals surface area contributed by atoms with E-state index in [4.69, 9.17) is 5.11 Å². The Bertz CT molecular complexity index is 389. The lowest BCUT2D eigenvalue weighted by atomic mass is 10.1. The maximum absolute atomic E-state index is 10.6. The van der Waals surface area contributed by atoms with E-state index in [0.29, 0.717) is 12.6 Å². The number of aryl methyl sites for hydroxylation is 1. The molecule has 1 atom stereocenters. The van der Waals surface area contributed by atoms with Gasteiger partial charge in [-0.25, -0.2) is 0 Å². The van der Waals surface area contributed by atoms with E-state index in [1.54, 1.807) is 0 Å². The number of carboxylic acid groups (broad SMARTS) is 1. The molecule has 94 valence electrons. The number of rotatable bonds is 5. The van der Waals surface area contributed by atoms with Crippen LogP contribution < -0.4 is 0 Å². The summed E-state index contributed by atoms with van der Waals surface area (Å²) in [6.07, 6.45) is 6.45. The monoisotopic (exact) mass is 237 g/mol. The quantitative estimate of drug-likeness (QED) is 0.843. The molecule has 0 amide bonds. The van der Waals surface area contributed by atoms with Crippen molar-refractivity contribution in [3.63, 3.8) is 0 Å². The predicted octanol–water partition coefficient (Wildman–Crippen LogP) is 1.51. The fourth-order valence-electron chi connectivity index (χ4n) is 2.44. The molecule has 1 unspecified atom stereocenters. The fraction of sp³-hybridized carbons (Fsp3) is 0.667. The highest BCUT2D eigenvalue weighted by atomic mass is 16.4. The number of aromatic nitrogens is 2. The topological polar surface area (TPSA) is 58.4 Å². The van der Waals surface area contributed by atoms with Crippen molar-refractivity contribution in [1.29, 1.82) is 0 Å². The zero-order valence-corrected chi connectivity index (χ0v) is 10.2. The summed E-state index contributed by atoms with van der Waals surface area (Å²) in [5, 5.41) is 13.0. The number of aliphatic carboxylic acids is 1. The molecule has 0 radical (unpaired) electrons. The molecule has 0 saturated carbocycles. The standard InChI is InChI=1S/C12H19N3O2/c1-2-15-9-10(8-13-15)11-4-3-6-14(11)7-5-12(16)17/h8-9,11H,2-7H2,1H3,(H,16,17). The van der Waals surface area contributed by atoms with Crippen LogP contribution in [-0.4, -0.2) is 38.8 Å². The first-order valence-electron chi connectivity index (χ1n) is 6.19. The van der Waals surface area contributed by atoms with Crippen molar-refractivity contribution in [2.75, 3.05) is 13.1 Å². The van der Waals surface area contributed by atoms with Crippen LogP contribution in [-0.2, 0) is 11.3 Å². The second-order valence-corrected chi connectivity index (χ2v) is 4.47. The lowest BCUT2D eigenvalue weighted by molar-refractivity contribution is -0.137. The molecule has 1 aromatic rings. The minimum Gasteiger partial charge on any atom is -0.481 e. The molecule has 0 aromatic carbocycles. The van der Waals surface area contributed by atoms with Gasteiger partial charge in [-0.05, 0) is 26.3 Å². The summed E-state index contributed by atoms with van der Waals surface area (Å²) >= 11 is 0. The molecular weight excluding hydrogens is 218 g/mol. The van der Waals surface area contributed by atoms with Gasteiger partial charge in [-0.1, -0.05) is 0 Å². The van der Waals surface area contributed by atoms with E-state index in [0.717, 1.165) is 25.9 Å². The minimum absolute atomic E-state index is 0.221. The SMILES string of the molecule is CCn1cc(C2CCCN2CCC(=O)O)cn1. The average Bonchev–Trinajstić information content (AvgIpc) is 2.94. The summed E-state index contributed by atoms with van der Waals surface area (Å²) < 4.78 is 1.92. The van der Waals surface area contributed by atoms with Gasteiger partial charge < -0.3 is 5.11 Å². The van der Waals surface area contributed by atoms with Gasteiger partial charge >= 0.3 is 5.97 Å². The Labute approximate surface area is 101 Å². The average molecular weight is 237 g/mol. The second-order valence-electron chi connectivity index (χ2n) is 4.47. The molecule has 5 heteroatoms. The van der Waals surface area contributed by atoms with Crippen LogP contribution in [0.4, 0.5) is 0 Å². The van der Waals surface area contributed by atoms with Gasteiger partial charge in [-0.3, -0.25) is 14.4 Å². The lowest BCUT2D eigenvalue weighted by Crippen LogP contribution is -2.25. The van der Waals surface area contributed by atoms with E-state index in [9.17, 15) is 4.79 Å². The van der Waals surface area contributed by atoms with Gasteiger partial charge in [0.15, 0.2) is 0 Å². The first-order chi connectivity index (χ1) is 8.20. The van der Waals surface area contributed by atoms with Crippen molar-refractivity contribution in [2.24, 2.45) is 0 Å². The maximum atomic E-state index is 10.6. The summed E-state index contributed by atoms with van der Waals surface area (Å²) in [6, 6.07) is 0.356. The maximum Gasteiger partial charge on any atom is 0.304 e. The Hall–Kier alpha value is -1.36. The Kier molecular flexibility index (Phi) is 3.78. The predicted molar refractivity (Wildman–Crippen MR) is 63.7 cm³/mol. The Morgan fingerprint density at radius 3 is 3.12 bits per heavy atom. The molecule has 1 saturated heterocycles. The smallest absolute Gasteiger partial charge is 0.304 e. The highest BCUT2D eigenvalue weighted by Crippen LogP contribution is 2.31. The zero-order chi connectivity index (χ0) is 12.3. The summed E-state index contributed by atoms with van der Waals surface area (Å²) in [5.41, 5.74) is 1.22. The molecule has 1 N–H and O–H groups in total. The Morgan fingerprint density at radius 2 is 2.47 bits per heavy atom. The zero-order valence-electron chi connectivity index (χ0n) is 10.2. The van der Waals surface area contributed by atoms with Crippen LogP contribution in [0, 0.1) is 0 Å². The summed E-state index contributed by atoms with van der Waals surface area (Å²) in [4.78, 5) is 12.9. The van der Waals surface area contributed by atoms with Crippen LogP contribution in [0.3, 0.4) is 0 Å². The van der Waals surface area contributed by atoms with Crippen molar-refractivity contribution < 1.29 is 9.90 Å². The number of likely N-dealkylation sites (tertiary alicyclic amines) is 1. The minimum atomic E-state index is -0.722. The molecule has 1 aliphatic rings. The molecule has 1 fully saturated rings. The van der Waals surface area contributed by atoms with E-state index >= 15 is 0 Å².